The van der Waals surface area contributed by atoms with Crippen LogP contribution >= 0.6 is 0 Å². The van der Waals surface area contributed by atoms with Gasteiger partial charge in [-0.2, -0.15) is 10.2 Å². The Labute approximate surface area is 104 Å². The van der Waals surface area contributed by atoms with Gasteiger partial charge in [-0.1, -0.05) is 12.5 Å². The minimum absolute atomic E-state index is 0.353. The second-order valence-electron chi connectivity index (χ2n) is 4.63. The molecule has 0 fully saturated rings. The molecule has 1 heterocycles. The monoisotopic (exact) mass is 233 g/mol. The highest BCUT2D eigenvalue weighted by molar-refractivity contribution is 5.23. The summed E-state index contributed by atoms with van der Waals surface area (Å²) < 4.78 is 0. The number of allylic oxidation sites excluding steroid dienone is 1. The lowest BCUT2D eigenvalue weighted by Crippen LogP contribution is -2.22. The Morgan fingerprint density at radius 1 is 1.41 bits per heavy atom. The fourth-order valence-electron chi connectivity index (χ4n) is 1.93. The van der Waals surface area contributed by atoms with Gasteiger partial charge < -0.3 is 5.32 Å². The Morgan fingerprint density at radius 2 is 2.12 bits per heavy atom. The Balaban J connectivity index is 2.87. The van der Waals surface area contributed by atoms with Gasteiger partial charge in [0.1, 0.15) is 0 Å². The maximum Gasteiger partial charge on any atom is 0.0648 e. The first kappa shape index (κ1) is 13.8. The van der Waals surface area contributed by atoms with Crippen molar-refractivity contribution in [3.8, 4) is 0 Å². The summed E-state index contributed by atoms with van der Waals surface area (Å²) in [6.45, 7) is 13.1. The lowest BCUT2D eigenvalue weighted by atomic mass is 9.98. The largest absolute Gasteiger partial charge is 0.310 e. The first-order valence-electron chi connectivity index (χ1n) is 6.23. The van der Waals surface area contributed by atoms with E-state index in [-0.39, 0.29) is 0 Å². The van der Waals surface area contributed by atoms with E-state index in [1.165, 1.54) is 11.1 Å². The molecule has 0 saturated heterocycles. The highest BCUT2D eigenvalue weighted by Gasteiger charge is 2.14. The Kier molecular flexibility index (Phi) is 5.29. The van der Waals surface area contributed by atoms with Crippen molar-refractivity contribution in [1.29, 1.82) is 0 Å². The zero-order valence-electron chi connectivity index (χ0n) is 11.4. The van der Waals surface area contributed by atoms with Crippen LogP contribution in [-0.4, -0.2) is 16.7 Å². The molecule has 94 valence electrons. The maximum absolute atomic E-state index is 4.20. The van der Waals surface area contributed by atoms with E-state index in [0.717, 1.165) is 30.8 Å². The molecule has 3 heteroatoms. The van der Waals surface area contributed by atoms with E-state index in [0.29, 0.717) is 6.04 Å². The average molecular weight is 233 g/mol. The number of aryl methyl sites for hydroxylation is 2. The van der Waals surface area contributed by atoms with Gasteiger partial charge in [0.2, 0.25) is 0 Å². The molecule has 0 radical (unpaired) electrons. The van der Waals surface area contributed by atoms with Crippen LogP contribution in [0.15, 0.2) is 18.2 Å². The molecule has 0 aliphatic rings. The Hall–Kier alpha value is -1.22. The van der Waals surface area contributed by atoms with Crippen LogP contribution in [0.25, 0.3) is 0 Å². The van der Waals surface area contributed by atoms with Gasteiger partial charge in [-0.25, -0.2) is 0 Å². The Bertz CT molecular complexity index is 385. The average Bonchev–Trinajstić information content (AvgIpc) is 2.27. The smallest absolute Gasteiger partial charge is 0.0648 e. The van der Waals surface area contributed by atoms with Crippen LogP contribution in [-0.2, 0) is 0 Å². The lowest BCUT2D eigenvalue weighted by Gasteiger charge is -2.20. The number of nitrogens with one attached hydrogen (secondary N) is 1. The van der Waals surface area contributed by atoms with E-state index in [1.807, 2.05) is 13.8 Å². The normalized spacial score (nSPS) is 12.5. The molecular formula is C14H23N3. The molecule has 1 aromatic rings. The van der Waals surface area contributed by atoms with E-state index in [4.69, 9.17) is 0 Å². The summed E-state index contributed by atoms with van der Waals surface area (Å²) in [6, 6.07) is 2.49. The molecule has 1 aromatic heterocycles. The van der Waals surface area contributed by atoms with Crippen LogP contribution in [0.5, 0.6) is 0 Å². The summed E-state index contributed by atoms with van der Waals surface area (Å²) in [5, 5.41) is 11.8. The van der Waals surface area contributed by atoms with E-state index < -0.39 is 0 Å². The first-order chi connectivity index (χ1) is 8.04. The minimum Gasteiger partial charge on any atom is -0.310 e. The Morgan fingerprint density at radius 3 is 2.71 bits per heavy atom. The summed E-state index contributed by atoms with van der Waals surface area (Å²) >= 11 is 0. The molecule has 1 unspecified atom stereocenters. The standard InChI is InChI=1S/C14H23N3/c1-6-15-14(8-7-10(2)3)13-9-11(4)16-17-12(13)5/h9,14-15H,2,6-8H2,1,3-5H3. The minimum atomic E-state index is 0.353. The number of hydrogen-bond acceptors (Lipinski definition) is 3. The first-order valence-corrected chi connectivity index (χ1v) is 6.23. The fraction of sp³-hybridized carbons (Fsp3) is 0.571. The van der Waals surface area contributed by atoms with Crippen molar-refractivity contribution in [2.24, 2.45) is 0 Å². The van der Waals surface area contributed by atoms with Gasteiger partial charge in [-0.3, -0.25) is 0 Å². The molecule has 0 aliphatic carbocycles. The van der Waals surface area contributed by atoms with Gasteiger partial charge in [0.25, 0.3) is 0 Å². The van der Waals surface area contributed by atoms with Crippen LogP contribution < -0.4 is 5.32 Å². The van der Waals surface area contributed by atoms with Crippen molar-refractivity contribution in [1.82, 2.24) is 15.5 Å². The summed E-state index contributed by atoms with van der Waals surface area (Å²) in [6.07, 6.45) is 2.10. The lowest BCUT2D eigenvalue weighted by molar-refractivity contribution is 0.508. The second-order valence-corrected chi connectivity index (χ2v) is 4.63. The van der Waals surface area contributed by atoms with E-state index in [1.54, 1.807) is 0 Å². The predicted molar refractivity (Wildman–Crippen MR) is 72.0 cm³/mol. The van der Waals surface area contributed by atoms with Crippen molar-refractivity contribution >= 4 is 0 Å². The molecule has 1 N–H and O–H groups in total. The molecule has 0 aromatic carbocycles. The molecule has 3 nitrogen and oxygen atoms in total. The van der Waals surface area contributed by atoms with Gasteiger partial charge in [-0.15, -0.1) is 6.58 Å². The molecular weight excluding hydrogens is 210 g/mol. The third-order valence-corrected chi connectivity index (χ3v) is 2.83. The van der Waals surface area contributed by atoms with Crippen LogP contribution in [0.2, 0.25) is 0 Å². The quantitative estimate of drug-likeness (QED) is 0.767. The molecule has 1 rings (SSSR count). The zero-order valence-corrected chi connectivity index (χ0v) is 11.4. The summed E-state index contributed by atoms with van der Waals surface area (Å²) in [5.41, 5.74) is 4.48. The molecule has 0 amide bonds. The second kappa shape index (κ2) is 6.50. The summed E-state index contributed by atoms with van der Waals surface area (Å²) in [7, 11) is 0. The number of nitrogens with zero attached hydrogens (tertiary/aromatic N) is 2. The van der Waals surface area contributed by atoms with E-state index in [9.17, 15) is 0 Å². The SMILES string of the molecule is C=C(C)CCC(NCC)c1cc(C)nnc1C. The number of aromatic nitrogens is 2. The molecule has 0 spiro atoms. The van der Waals surface area contributed by atoms with Gasteiger partial charge >= 0.3 is 0 Å². The van der Waals surface area contributed by atoms with Crippen molar-refractivity contribution in [2.45, 2.75) is 46.6 Å². The van der Waals surface area contributed by atoms with Crippen LogP contribution in [0.1, 0.15) is 49.7 Å². The molecule has 1 atom stereocenters. The third kappa shape index (κ3) is 4.27. The van der Waals surface area contributed by atoms with Crippen molar-refractivity contribution in [3.05, 3.63) is 35.2 Å². The topological polar surface area (TPSA) is 37.8 Å². The number of hydrogen-bond donors (Lipinski definition) is 1. The predicted octanol–water partition coefficient (Wildman–Crippen LogP) is 3.10. The molecule has 0 saturated carbocycles. The fourth-order valence-corrected chi connectivity index (χ4v) is 1.93. The van der Waals surface area contributed by atoms with Crippen LogP contribution in [0.4, 0.5) is 0 Å². The van der Waals surface area contributed by atoms with Crippen molar-refractivity contribution in [3.63, 3.8) is 0 Å². The number of rotatable bonds is 6. The highest BCUT2D eigenvalue weighted by Crippen LogP contribution is 2.22. The van der Waals surface area contributed by atoms with E-state index in [2.05, 4.69) is 42.0 Å². The molecule has 17 heavy (non-hydrogen) atoms. The summed E-state index contributed by atoms with van der Waals surface area (Å²) in [4.78, 5) is 0. The maximum atomic E-state index is 4.20. The van der Waals surface area contributed by atoms with E-state index >= 15 is 0 Å². The van der Waals surface area contributed by atoms with Gasteiger partial charge in [0.15, 0.2) is 0 Å². The zero-order chi connectivity index (χ0) is 12.8. The highest BCUT2D eigenvalue weighted by atomic mass is 15.1. The third-order valence-electron chi connectivity index (χ3n) is 2.83. The molecule has 0 bridgehead atoms. The van der Waals surface area contributed by atoms with Gasteiger partial charge in [0.05, 0.1) is 11.4 Å². The molecule has 0 aliphatic heterocycles. The van der Waals surface area contributed by atoms with Gasteiger partial charge in [0, 0.05) is 6.04 Å². The van der Waals surface area contributed by atoms with Crippen molar-refractivity contribution in [2.75, 3.05) is 6.54 Å². The summed E-state index contributed by atoms with van der Waals surface area (Å²) in [5.74, 6) is 0. The van der Waals surface area contributed by atoms with Gasteiger partial charge in [-0.05, 0) is 51.8 Å². The van der Waals surface area contributed by atoms with Crippen LogP contribution in [0.3, 0.4) is 0 Å². The van der Waals surface area contributed by atoms with Crippen molar-refractivity contribution < 1.29 is 0 Å². The van der Waals surface area contributed by atoms with Crippen LogP contribution in [0, 0.1) is 13.8 Å².